The van der Waals surface area contributed by atoms with Gasteiger partial charge in [-0.25, -0.2) is 13.6 Å². The summed E-state index contributed by atoms with van der Waals surface area (Å²) in [4.78, 5) is 13.8. The van der Waals surface area contributed by atoms with E-state index in [1.54, 1.807) is 0 Å². The number of carbonyl (C=O) groups is 1. The molecule has 1 aliphatic heterocycles. The second-order valence-electron chi connectivity index (χ2n) is 5.94. The summed E-state index contributed by atoms with van der Waals surface area (Å²) in [5, 5.41) is 3.01. The highest BCUT2D eigenvalue weighted by Crippen LogP contribution is 2.31. The predicted octanol–water partition coefficient (Wildman–Crippen LogP) is 3.50. The van der Waals surface area contributed by atoms with E-state index in [0.717, 1.165) is 19.3 Å². The SMILES string of the molecule is O=C(N[C@@H]1CCCc2ccccc21)N1CCC(F)(F)CC1. The van der Waals surface area contributed by atoms with Crippen LogP contribution < -0.4 is 5.32 Å². The average Bonchev–Trinajstić information content (AvgIpc) is 2.47. The minimum atomic E-state index is -2.62. The Balaban J connectivity index is 1.64. The molecule has 21 heavy (non-hydrogen) atoms. The largest absolute Gasteiger partial charge is 0.331 e. The number of piperidine rings is 1. The Labute approximate surface area is 123 Å². The summed E-state index contributed by atoms with van der Waals surface area (Å²) in [5.74, 6) is -2.62. The van der Waals surface area contributed by atoms with Gasteiger partial charge in [0, 0.05) is 25.9 Å². The molecular formula is C16H20F2N2O. The van der Waals surface area contributed by atoms with Crippen LogP contribution >= 0.6 is 0 Å². The third-order valence-electron chi connectivity index (χ3n) is 4.45. The molecule has 3 rings (SSSR count). The van der Waals surface area contributed by atoms with Crippen LogP contribution in [-0.4, -0.2) is 29.9 Å². The zero-order valence-corrected chi connectivity index (χ0v) is 11.9. The molecular weight excluding hydrogens is 274 g/mol. The monoisotopic (exact) mass is 294 g/mol. The summed E-state index contributed by atoms with van der Waals surface area (Å²) < 4.78 is 26.3. The Morgan fingerprint density at radius 1 is 1.24 bits per heavy atom. The highest BCUT2D eigenvalue weighted by atomic mass is 19.3. The highest BCUT2D eigenvalue weighted by Gasteiger charge is 2.36. The van der Waals surface area contributed by atoms with Gasteiger partial charge in [0.05, 0.1) is 6.04 Å². The predicted molar refractivity (Wildman–Crippen MR) is 76.4 cm³/mol. The number of hydrogen-bond acceptors (Lipinski definition) is 1. The zero-order chi connectivity index (χ0) is 14.9. The first-order valence-corrected chi connectivity index (χ1v) is 7.56. The van der Waals surface area contributed by atoms with Gasteiger partial charge in [-0.1, -0.05) is 24.3 Å². The molecule has 2 aliphatic rings. The lowest BCUT2D eigenvalue weighted by Crippen LogP contribution is -2.48. The molecule has 1 N–H and O–H groups in total. The van der Waals surface area contributed by atoms with Crippen LogP contribution in [0.1, 0.15) is 42.9 Å². The zero-order valence-electron chi connectivity index (χ0n) is 11.9. The van der Waals surface area contributed by atoms with E-state index in [9.17, 15) is 13.6 Å². The number of nitrogens with zero attached hydrogens (tertiary/aromatic N) is 1. The summed E-state index contributed by atoms with van der Waals surface area (Å²) in [6, 6.07) is 7.91. The molecule has 0 bridgehead atoms. The first kappa shape index (κ1) is 14.3. The van der Waals surface area contributed by atoms with E-state index >= 15 is 0 Å². The molecule has 1 heterocycles. The number of amides is 2. The first-order valence-electron chi connectivity index (χ1n) is 7.56. The van der Waals surface area contributed by atoms with E-state index in [2.05, 4.69) is 11.4 Å². The van der Waals surface area contributed by atoms with Crippen molar-refractivity contribution in [1.29, 1.82) is 0 Å². The van der Waals surface area contributed by atoms with Crippen LogP contribution in [-0.2, 0) is 6.42 Å². The van der Waals surface area contributed by atoms with Crippen LogP contribution in [0.5, 0.6) is 0 Å². The van der Waals surface area contributed by atoms with Crippen LogP contribution in [0.2, 0.25) is 0 Å². The number of fused-ring (bicyclic) bond motifs is 1. The minimum absolute atomic E-state index is 0.00452. The fourth-order valence-corrected chi connectivity index (χ4v) is 3.18. The Bertz CT molecular complexity index is 523. The van der Waals surface area contributed by atoms with Gasteiger partial charge in [-0.05, 0) is 30.4 Å². The Hall–Kier alpha value is -1.65. The van der Waals surface area contributed by atoms with Gasteiger partial charge in [0.25, 0.3) is 5.92 Å². The van der Waals surface area contributed by atoms with Crippen molar-refractivity contribution in [3.05, 3.63) is 35.4 Å². The fraction of sp³-hybridized carbons (Fsp3) is 0.562. The minimum Gasteiger partial charge on any atom is -0.331 e. The van der Waals surface area contributed by atoms with Crippen LogP contribution in [0.25, 0.3) is 0 Å². The topological polar surface area (TPSA) is 32.3 Å². The van der Waals surface area contributed by atoms with Crippen molar-refractivity contribution in [3.63, 3.8) is 0 Å². The van der Waals surface area contributed by atoms with Gasteiger partial charge >= 0.3 is 6.03 Å². The molecule has 3 nitrogen and oxygen atoms in total. The van der Waals surface area contributed by atoms with Crippen LogP contribution in [0.4, 0.5) is 13.6 Å². The number of alkyl halides is 2. The standard InChI is InChI=1S/C16H20F2N2O/c17-16(18)8-10-20(11-9-16)15(21)19-14-7-3-5-12-4-1-2-6-13(12)14/h1-2,4,6,14H,3,5,7-11H2,(H,19,21)/t14-/m1/s1. The maximum absolute atomic E-state index is 13.1. The van der Waals surface area contributed by atoms with E-state index in [4.69, 9.17) is 0 Å². The van der Waals surface area contributed by atoms with E-state index < -0.39 is 5.92 Å². The quantitative estimate of drug-likeness (QED) is 0.844. The molecule has 1 aliphatic carbocycles. The number of hydrogen-bond donors (Lipinski definition) is 1. The van der Waals surface area contributed by atoms with Gasteiger partial charge in [-0.15, -0.1) is 0 Å². The van der Waals surface area contributed by atoms with Crippen molar-refractivity contribution in [2.75, 3.05) is 13.1 Å². The molecule has 1 aromatic carbocycles. The Morgan fingerprint density at radius 3 is 2.71 bits per heavy atom. The molecule has 114 valence electrons. The van der Waals surface area contributed by atoms with Crippen molar-refractivity contribution in [3.8, 4) is 0 Å². The summed E-state index contributed by atoms with van der Waals surface area (Å²) >= 11 is 0. The molecule has 0 saturated carbocycles. The Kier molecular flexibility index (Phi) is 3.83. The molecule has 1 saturated heterocycles. The maximum Gasteiger partial charge on any atom is 0.317 e. The van der Waals surface area contributed by atoms with Crippen molar-refractivity contribution in [1.82, 2.24) is 10.2 Å². The van der Waals surface area contributed by atoms with Crippen molar-refractivity contribution < 1.29 is 13.6 Å². The number of nitrogens with one attached hydrogen (secondary N) is 1. The second kappa shape index (κ2) is 5.62. The first-order chi connectivity index (χ1) is 10.1. The third-order valence-corrected chi connectivity index (χ3v) is 4.45. The number of rotatable bonds is 1. The molecule has 1 atom stereocenters. The van der Waals surface area contributed by atoms with E-state index in [-0.39, 0.29) is 38.0 Å². The van der Waals surface area contributed by atoms with Gasteiger partial charge in [0.1, 0.15) is 0 Å². The molecule has 0 radical (unpaired) electrons. The van der Waals surface area contributed by atoms with Gasteiger partial charge in [-0.3, -0.25) is 0 Å². The number of aryl methyl sites for hydroxylation is 1. The molecule has 1 aromatic rings. The molecule has 0 spiro atoms. The number of likely N-dealkylation sites (tertiary alicyclic amines) is 1. The maximum atomic E-state index is 13.1. The fourth-order valence-electron chi connectivity index (χ4n) is 3.18. The lowest BCUT2D eigenvalue weighted by molar-refractivity contribution is -0.0471. The van der Waals surface area contributed by atoms with Crippen molar-refractivity contribution in [2.45, 2.75) is 44.1 Å². The van der Waals surface area contributed by atoms with Crippen LogP contribution in [0.15, 0.2) is 24.3 Å². The van der Waals surface area contributed by atoms with Gasteiger partial charge in [-0.2, -0.15) is 0 Å². The molecule has 5 heteroatoms. The van der Waals surface area contributed by atoms with Crippen LogP contribution in [0, 0.1) is 0 Å². The molecule has 1 fully saturated rings. The summed E-state index contributed by atoms with van der Waals surface area (Å²) in [6.45, 7) is 0.264. The summed E-state index contributed by atoms with van der Waals surface area (Å²) in [5.41, 5.74) is 2.44. The normalized spacial score (nSPS) is 24.3. The van der Waals surface area contributed by atoms with E-state index in [1.807, 2.05) is 18.2 Å². The Morgan fingerprint density at radius 2 is 1.95 bits per heavy atom. The highest BCUT2D eigenvalue weighted by molar-refractivity contribution is 5.75. The van der Waals surface area contributed by atoms with Gasteiger partial charge in [0.15, 0.2) is 0 Å². The second-order valence-corrected chi connectivity index (χ2v) is 5.94. The van der Waals surface area contributed by atoms with Crippen molar-refractivity contribution in [2.24, 2.45) is 0 Å². The number of benzene rings is 1. The molecule has 2 amide bonds. The average molecular weight is 294 g/mol. The van der Waals surface area contributed by atoms with E-state index in [1.165, 1.54) is 16.0 Å². The van der Waals surface area contributed by atoms with Gasteiger partial charge in [0.2, 0.25) is 0 Å². The van der Waals surface area contributed by atoms with Gasteiger partial charge < -0.3 is 10.2 Å². The van der Waals surface area contributed by atoms with E-state index in [0.29, 0.717) is 0 Å². The molecule has 0 aromatic heterocycles. The van der Waals surface area contributed by atoms with Crippen molar-refractivity contribution >= 4 is 6.03 Å². The summed E-state index contributed by atoms with van der Waals surface area (Å²) in [6.07, 6.45) is 2.52. The lowest BCUT2D eigenvalue weighted by atomic mass is 9.88. The number of carbonyl (C=O) groups excluding carboxylic acids is 1. The number of urea groups is 1. The molecule has 0 unspecified atom stereocenters. The smallest absolute Gasteiger partial charge is 0.317 e. The summed E-state index contributed by atoms with van der Waals surface area (Å²) in [7, 11) is 0. The lowest BCUT2D eigenvalue weighted by Gasteiger charge is -2.34. The number of halogens is 2. The van der Waals surface area contributed by atoms with Crippen LogP contribution in [0.3, 0.4) is 0 Å². The third kappa shape index (κ3) is 3.17.